The maximum atomic E-state index is 12.2. The normalized spacial score (nSPS) is 27.2. The summed E-state index contributed by atoms with van der Waals surface area (Å²) in [6, 6.07) is 1.31. The Morgan fingerprint density at radius 2 is 2.05 bits per heavy atom. The van der Waals surface area contributed by atoms with E-state index in [1.165, 1.54) is 17.7 Å². The highest BCUT2D eigenvalue weighted by Gasteiger charge is 2.34. The van der Waals surface area contributed by atoms with Crippen LogP contribution in [0.4, 0.5) is 5.13 Å². The summed E-state index contributed by atoms with van der Waals surface area (Å²) in [6.45, 7) is 4.16. The van der Waals surface area contributed by atoms with Crippen LogP contribution in [0.3, 0.4) is 0 Å². The molecule has 4 nitrogen and oxygen atoms in total. The van der Waals surface area contributed by atoms with Crippen molar-refractivity contribution in [1.82, 2.24) is 10.3 Å². The van der Waals surface area contributed by atoms with E-state index in [4.69, 9.17) is 0 Å². The van der Waals surface area contributed by atoms with Gasteiger partial charge in [-0.1, -0.05) is 6.92 Å². The lowest BCUT2D eigenvalue weighted by atomic mass is 9.89. The number of nitrogens with zero attached hydrogens (tertiary/aromatic N) is 1. The number of hydrogen-bond acceptors (Lipinski definition) is 4. The van der Waals surface area contributed by atoms with Crippen LogP contribution in [0.5, 0.6) is 0 Å². The molecule has 2 aliphatic heterocycles. The second kappa shape index (κ2) is 7.07. The van der Waals surface area contributed by atoms with Gasteiger partial charge in [-0.25, -0.2) is 4.98 Å². The van der Waals surface area contributed by atoms with Gasteiger partial charge in [0.1, 0.15) is 0 Å². The van der Waals surface area contributed by atoms with Crippen molar-refractivity contribution in [3.05, 3.63) is 10.6 Å². The number of halogens is 1. The molecule has 2 bridgehead atoms. The molecule has 2 N–H and O–H groups in total. The number of thiazole rings is 1. The number of rotatable bonds is 4. The van der Waals surface area contributed by atoms with E-state index in [0.29, 0.717) is 24.4 Å². The minimum atomic E-state index is 0. The molecule has 21 heavy (non-hydrogen) atoms. The molecule has 6 heteroatoms. The van der Waals surface area contributed by atoms with Crippen molar-refractivity contribution in [1.29, 1.82) is 0 Å². The van der Waals surface area contributed by atoms with Crippen LogP contribution >= 0.6 is 23.7 Å². The first kappa shape index (κ1) is 16.7. The van der Waals surface area contributed by atoms with E-state index in [-0.39, 0.29) is 18.3 Å². The van der Waals surface area contributed by atoms with Gasteiger partial charge in [-0.05, 0) is 44.9 Å². The molecule has 1 aromatic heterocycles. The van der Waals surface area contributed by atoms with Gasteiger partial charge in [0.15, 0.2) is 5.13 Å². The standard InChI is InChI=1S/C15H23N3OS.ClH/c1-3-13-9(2)20-15(17-13)18-14(19)8-10-6-11-4-5-12(7-10)16-11;/h10-12,16H,3-8H2,1-2H3,(H,17,18,19);1H. The smallest absolute Gasteiger partial charge is 0.226 e. The lowest BCUT2D eigenvalue weighted by molar-refractivity contribution is -0.117. The van der Waals surface area contributed by atoms with Crippen LogP contribution < -0.4 is 10.6 Å². The number of carbonyl (C=O) groups is 1. The zero-order valence-corrected chi connectivity index (χ0v) is 14.3. The quantitative estimate of drug-likeness (QED) is 0.891. The third-order valence-electron chi connectivity index (χ3n) is 4.52. The van der Waals surface area contributed by atoms with Crippen molar-refractivity contribution in [2.45, 2.75) is 64.5 Å². The van der Waals surface area contributed by atoms with E-state index in [1.807, 2.05) is 0 Å². The molecule has 0 spiro atoms. The third-order valence-corrected chi connectivity index (χ3v) is 5.45. The SMILES string of the molecule is CCc1nc(NC(=O)CC2CC3CCC(C2)N3)sc1C.Cl. The lowest BCUT2D eigenvalue weighted by Crippen LogP contribution is -2.39. The summed E-state index contributed by atoms with van der Waals surface area (Å²) >= 11 is 1.59. The molecule has 0 aromatic carbocycles. The van der Waals surface area contributed by atoms with Gasteiger partial charge in [-0.15, -0.1) is 23.7 Å². The van der Waals surface area contributed by atoms with E-state index in [9.17, 15) is 4.79 Å². The predicted molar refractivity (Wildman–Crippen MR) is 89.4 cm³/mol. The number of nitrogens with one attached hydrogen (secondary N) is 2. The molecular formula is C15H24ClN3OS. The fourth-order valence-corrected chi connectivity index (χ4v) is 4.50. The summed E-state index contributed by atoms with van der Waals surface area (Å²) < 4.78 is 0. The summed E-state index contributed by atoms with van der Waals surface area (Å²) in [6.07, 6.45) is 6.45. The molecule has 2 aliphatic rings. The fourth-order valence-electron chi connectivity index (χ4n) is 3.58. The molecule has 3 heterocycles. The molecule has 0 radical (unpaired) electrons. The molecule has 2 unspecified atom stereocenters. The zero-order valence-electron chi connectivity index (χ0n) is 12.6. The topological polar surface area (TPSA) is 54.0 Å². The van der Waals surface area contributed by atoms with Crippen LogP contribution in [0.2, 0.25) is 0 Å². The first-order valence-electron chi connectivity index (χ1n) is 7.66. The molecule has 0 aliphatic carbocycles. The number of carbonyl (C=O) groups excluding carboxylic acids is 1. The molecule has 2 saturated heterocycles. The highest BCUT2D eigenvalue weighted by molar-refractivity contribution is 7.15. The number of piperidine rings is 1. The van der Waals surface area contributed by atoms with Crippen molar-refractivity contribution in [3.63, 3.8) is 0 Å². The van der Waals surface area contributed by atoms with Crippen molar-refractivity contribution < 1.29 is 4.79 Å². The minimum Gasteiger partial charge on any atom is -0.311 e. The highest BCUT2D eigenvalue weighted by atomic mass is 35.5. The minimum absolute atomic E-state index is 0. The van der Waals surface area contributed by atoms with Crippen LogP contribution in [0.25, 0.3) is 0 Å². The predicted octanol–water partition coefficient (Wildman–Crippen LogP) is 3.29. The number of amides is 1. The van der Waals surface area contributed by atoms with Crippen LogP contribution in [0.15, 0.2) is 0 Å². The number of hydrogen-bond donors (Lipinski definition) is 2. The second-order valence-electron chi connectivity index (χ2n) is 6.10. The average Bonchev–Trinajstić information content (AvgIpc) is 2.92. The van der Waals surface area contributed by atoms with Gasteiger partial charge in [-0.3, -0.25) is 4.79 Å². The second-order valence-corrected chi connectivity index (χ2v) is 7.31. The van der Waals surface area contributed by atoms with Gasteiger partial charge in [0.05, 0.1) is 5.69 Å². The third kappa shape index (κ3) is 3.96. The molecule has 1 aromatic rings. The first-order chi connectivity index (χ1) is 9.64. The van der Waals surface area contributed by atoms with E-state index >= 15 is 0 Å². The molecular weight excluding hydrogens is 306 g/mol. The number of fused-ring (bicyclic) bond motifs is 2. The largest absolute Gasteiger partial charge is 0.311 e. The van der Waals surface area contributed by atoms with E-state index in [0.717, 1.165) is 30.1 Å². The summed E-state index contributed by atoms with van der Waals surface area (Å²) in [5.74, 6) is 0.674. The Morgan fingerprint density at radius 1 is 1.38 bits per heavy atom. The Hall–Kier alpha value is -0.650. The van der Waals surface area contributed by atoms with Crippen LogP contribution in [0, 0.1) is 12.8 Å². The first-order valence-corrected chi connectivity index (χ1v) is 8.48. The Labute approximate surface area is 136 Å². The van der Waals surface area contributed by atoms with Gasteiger partial charge < -0.3 is 10.6 Å². The maximum Gasteiger partial charge on any atom is 0.226 e. The Bertz CT molecular complexity index is 493. The van der Waals surface area contributed by atoms with Gasteiger partial charge in [0, 0.05) is 23.4 Å². The molecule has 1 amide bonds. The number of anilines is 1. The van der Waals surface area contributed by atoms with E-state index in [2.05, 4.69) is 29.5 Å². The van der Waals surface area contributed by atoms with Crippen LogP contribution in [0.1, 0.15) is 49.6 Å². The monoisotopic (exact) mass is 329 g/mol. The Kier molecular flexibility index (Phi) is 5.63. The number of aromatic nitrogens is 1. The molecule has 118 valence electrons. The van der Waals surface area contributed by atoms with Gasteiger partial charge in [-0.2, -0.15) is 0 Å². The van der Waals surface area contributed by atoms with E-state index < -0.39 is 0 Å². The van der Waals surface area contributed by atoms with Crippen LogP contribution in [-0.4, -0.2) is 23.0 Å². The van der Waals surface area contributed by atoms with Gasteiger partial charge in [0.25, 0.3) is 0 Å². The Balaban J connectivity index is 0.00000161. The summed E-state index contributed by atoms with van der Waals surface area (Å²) in [5, 5.41) is 7.37. The Morgan fingerprint density at radius 3 is 2.62 bits per heavy atom. The van der Waals surface area contributed by atoms with Crippen molar-refractivity contribution in [2.24, 2.45) is 5.92 Å². The number of aryl methyl sites for hydroxylation is 2. The fraction of sp³-hybridized carbons (Fsp3) is 0.733. The highest BCUT2D eigenvalue weighted by Crippen LogP contribution is 2.33. The van der Waals surface area contributed by atoms with E-state index in [1.54, 1.807) is 11.3 Å². The summed E-state index contributed by atoms with van der Waals surface area (Å²) in [5.41, 5.74) is 1.10. The van der Waals surface area contributed by atoms with Crippen molar-refractivity contribution in [3.8, 4) is 0 Å². The average molecular weight is 330 g/mol. The van der Waals surface area contributed by atoms with Crippen molar-refractivity contribution in [2.75, 3.05) is 5.32 Å². The van der Waals surface area contributed by atoms with Gasteiger partial charge >= 0.3 is 0 Å². The summed E-state index contributed by atoms with van der Waals surface area (Å²) in [7, 11) is 0. The molecule has 2 fully saturated rings. The molecule has 0 saturated carbocycles. The van der Waals surface area contributed by atoms with Crippen molar-refractivity contribution >= 4 is 34.8 Å². The van der Waals surface area contributed by atoms with Gasteiger partial charge in [0.2, 0.25) is 5.91 Å². The lowest BCUT2D eigenvalue weighted by Gasteiger charge is -2.28. The molecule has 2 atom stereocenters. The summed E-state index contributed by atoms with van der Waals surface area (Å²) in [4.78, 5) is 17.8. The zero-order chi connectivity index (χ0) is 14.1. The molecule has 3 rings (SSSR count). The van der Waals surface area contributed by atoms with Crippen LogP contribution in [-0.2, 0) is 11.2 Å². The maximum absolute atomic E-state index is 12.2.